The molecule has 1 fully saturated rings. The van der Waals surface area contributed by atoms with Gasteiger partial charge in [0.15, 0.2) is 0 Å². The minimum absolute atomic E-state index is 0.126. The fourth-order valence-electron chi connectivity index (χ4n) is 8.76. The molecule has 0 spiro atoms. The molecule has 0 radical (unpaired) electrons. The fourth-order valence-corrected chi connectivity index (χ4v) is 10.5. The summed E-state index contributed by atoms with van der Waals surface area (Å²) >= 11 is 0. The largest absolute Gasteiger partial charge is 0.497 e. The van der Waals surface area contributed by atoms with Crippen molar-refractivity contribution < 1.29 is 28.0 Å². The Morgan fingerprint density at radius 2 is 1.29 bits per heavy atom. The van der Waals surface area contributed by atoms with Gasteiger partial charge in [0.2, 0.25) is 0 Å². The summed E-state index contributed by atoms with van der Waals surface area (Å²) in [6, 6.07) is 48.2. The van der Waals surface area contributed by atoms with E-state index in [-0.39, 0.29) is 31.7 Å². The molecule has 8 nitrogen and oxygen atoms in total. The van der Waals surface area contributed by atoms with Gasteiger partial charge in [0.25, 0.3) is 8.53 Å². The summed E-state index contributed by atoms with van der Waals surface area (Å²) in [7, 11) is 1.75. The number of hydrogen-bond donors (Lipinski definition) is 0. The zero-order chi connectivity index (χ0) is 43.2. The topological polar surface area (TPSA) is 82.4 Å². The molecule has 8 rings (SSSR count). The fraction of sp³-hybridized carbons (Fsp3) is 0.302. The van der Waals surface area contributed by atoms with Gasteiger partial charge in [-0.1, -0.05) is 115 Å². The summed E-state index contributed by atoms with van der Waals surface area (Å²) in [5.41, 5.74) is 2.68. The van der Waals surface area contributed by atoms with Crippen molar-refractivity contribution in [3.63, 3.8) is 0 Å². The maximum Gasteiger partial charge on any atom is 0.259 e. The molecule has 7 aromatic rings. The first-order valence-corrected chi connectivity index (χ1v) is 22.4. The van der Waals surface area contributed by atoms with Gasteiger partial charge < -0.3 is 28.0 Å². The number of ether oxygens (including phenoxy) is 4. The van der Waals surface area contributed by atoms with Crippen LogP contribution in [0.15, 0.2) is 133 Å². The Morgan fingerprint density at radius 1 is 0.710 bits per heavy atom. The number of nitriles is 1. The van der Waals surface area contributed by atoms with Crippen LogP contribution < -0.4 is 9.47 Å². The lowest BCUT2D eigenvalue weighted by Gasteiger charge is -2.39. The minimum Gasteiger partial charge on any atom is -0.497 e. The van der Waals surface area contributed by atoms with Crippen LogP contribution in [0, 0.1) is 23.2 Å². The predicted octanol–water partition coefficient (Wildman–Crippen LogP) is 11.8. The first-order chi connectivity index (χ1) is 30.2. The van der Waals surface area contributed by atoms with Gasteiger partial charge in [-0.05, 0) is 107 Å². The zero-order valence-electron chi connectivity index (χ0n) is 36.2. The monoisotopic (exact) mass is 844 g/mol. The summed E-state index contributed by atoms with van der Waals surface area (Å²) in [5.74, 6) is 8.55. The molecule has 1 aliphatic rings. The molecular formula is C53H53N2O6P. The van der Waals surface area contributed by atoms with E-state index in [1.807, 2.05) is 42.5 Å². The molecule has 4 atom stereocenters. The Bertz CT molecular complexity index is 2620. The van der Waals surface area contributed by atoms with Crippen molar-refractivity contribution in [2.45, 2.75) is 76.5 Å². The Labute approximate surface area is 366 Å². The van der Waals surface area contributed by atoms with E-state index in [2.05, 4.69) is 141 Å². The van der Waals surface area contributed by atoms with Crippen LogP contribution in [0.4, 0.5) is 0 Å². The van der Waals surface area contributed by atoms with Crippen molar-refractivity contribution in [1.29, 1.82) is 5.26 Å². The standard InChI is InChI=1S/C53H53N2O6P/c1-36(2)55(37(3)4)62(59-33-11-32-54)61-49-34-47(26-20-38-16-17-41-19-18-39-12-10-13-40-21-31-48(38)52(41)51(39)40)60-50(49)35-58-53(42-14-8-7-9-15-42,43-22-27-45(56-5)28-23-43)44-24-29-46(57-6)30-25-44/h7-10,12-19,21-25,27-31,36-37,47,49-50H,11,33-35H2,1-6H3/t47-,49+,50-,62?/m1/s1. The molecule has 0 amide bonds. The van der Waals surface area contributed by atoms with Crippen LogP contribution in [0.25, 0.3) is 32.3 Å². The molecule has 1 heterocycles. The van der Waals surface area contributed by atoms with Gasteiger partial charge in [0.1, 0.15) is 29.3 Å². The molecule has 316 valence electrons. The molecule has 1 saturated heterocycles. The van der Waals surface area contributed by atoms with Crippen molar-refractivity contribution in [2.24, 2.45) is 0 Å². The maximum absolute atomic E-state index is 9.44. The quantitative estimate of drug-likeness (QED) is 0.0313. The number of hydrogen-bond acceptors (Lipinski definition) is 8. The Balaban J connectivity index is 1.19. The van der Waals surface area contributed by atoms with E-state index in [0.29, 0.717) is 6.42 Å². The third kappa shape index (κ3) is 8.74. The predicted molar refractivity (Wildman–Crippen MR) is 249 cm³/mol. The molecule has 0 N–H and O–H groups in total. The molecule has 0 aliphatic carbocycles. The molecule has 0 saturated carbocycles. The van der Waals surface area contributed by atoms with Crippen LogP contribution in [0.3, 0.4) is 0 Å². The van der Waals surface area contributed by atoms with Gasteiger partial charge in [-0.2, -0.15) is 5.26 Å². The van der Waals surface area contributed by atoms with Crippen LogP contribution in [0.2, 0.25) is 0 Å². The van der Waals surface area contributed by atoms with Crippen molar-refractivity contribution in [3.05, 3.63) is 156 Å². The van der Waals surface area contributed by atoms with Gasteiger partial charge in [0.05, 0.1) is 46.0 Å². The zero-order valence-corrected chi connectivity index (χ0v) is 37.1. The molecule has 7 aromatic carbocycles. The lowest BCUT2D eigenvalue weighted by Crippen LogP contribution is -2.39. The second-order valence-electron chi connectivity index (χ2n) is 16.1. The minimum atomic E-state index is -1.58. The van der Waals surface area contributed by atoms with Gasteiger partial charge in [-0.3, -0.25) is 0 Å². The van der Waals surface area contributed by atoms with Gasteiger partial charge in [-0.25, -0.2) is 4.67 Å². The van der Waals surface area contributed by atoms with Crippen molar-refractivity contribution >= 4 is 40.8 Å². The third-order valence-electron chi connectivity index (χ3n) is 11.6. The molecule has 9 heteroatoms. The summed E-state index contributed by atoms with van der Waals surface area (Å²) in [6.45, 7) is 8.99. The van der Waals surface area contributed by atoms with E-state index < -0.39 is 32.4 Å². The van der Waals surface area contributed by atoms with E-state index in [9.17, 15) is 5.26 Å². The highest BCUT2D eigenvalue weighted by Crippen LogP contribution is 2.50. The van der Waals surface area contributed by atoms with Crippen LogP contribution in [0.5, 0.6) is 11.5 Å². The molecular weight excluding hydrogens is 792 g/mol. The number of methoxy groups -OCH3 is 2. The molecule has 1 aliphatic heterocycles. The Kier molecular flexibility index (Phi) is 13.4. The van der Waals surface area contributed by atoms with E-state index >= 15 is 0 Å². The van der Waals surface area contributed by atoms with Gasteiger partial charge >= 0.3 is 0 Å². The number of benzene rings is 7. The van der Waals surface area contributed by atoms with E-state index in [0.717, 1.165) is 39.1 Å². The molecule has 0 aromatic heterocycles. The lowest BCUT2D eigenvalue weighted by atomic mass is 9.80. The first-order valence-electron chi connectivity index (χ1n) is 21.3. The summed E-state index contributed by atoms with van der Waals surface area (Å²) in [6.07, 6.45) is -0.662. The van der Waals surface area contributed by atoms with Crippen LogP contribution >= 0.6 is 8.53 Å². The van der Waals surface area contributed by atoms with Gasteiger partial charge in [0, 0.05) is 24.1 Å². The Hall–Kier alpha value is -5.54. The highest BCUT2D eigenvalue weighted by molar-refractivity contribution is 7.44. The average Bonchev–Trinajstić information content (AvgIpc) is 3.69. The first kappa shape index (κ1) is 43.1. The van der Waals surface area contributed by atoms with E-state index in [1.54, 1.807) is 14.2 Å². The summed E-state index contributed by atoms with van der Waals surface area (Å²) in [4.78, 5) is 0. The van der Waals surface area contributed by atoms with Crippen LogP contribution in [-0.2, 0) is 24.1 Å². The smallest absolute Gasteiger partial charge is 0.259 e. The molecule has 62 heavy (non-hydrogen) atoms. The SMILES string of the molecule is COc1ccc(C(OC[C@H]2O[C@H](C#Cc3ccc4ccc5cccc6ccc3c4c56)C[C@@H]2OP(OCCC#N)N(C(C)C)C(C)C)(c2ccccc2)c2ccc(OC)cc2)cc1. The second-order valence-corrected chi connectivity index (χ2v) is 17.5. The number of nitrogens with zero attached hydrogens (tertiary/aromatic N) is 2. The van der Waals surface area contributed by atoms with Crippen molar-refractivity contribution in [3.8, 4) is 29.4 Å². The number of rotatable bonds is 16. The van der Waals surface area contributed by atoms with Crippen LogP contribution in [0.1, 0.15) is 62.8 Å². The Morgan fingerprint density at radius 3 is 1.89 bits per heavy atom. The van der Waals surface area contributed by atoms with Crippen LogP contribution in [-0.4, -0.2) is 62.5 Å². The van der Waals surface area contributed by atoms with Crippen molar-refractivity contribution in [1.82, 2.24) is 4.67 Å². The van der Waals surface area contributed by atoms with E-state index in [1.165, 1.54) is 26.9 Å². The average molecular weight is 845 g/mol. The highest BCUT2D eigenvalue weighted by atomic mass is 31.2. The lowest BCUT2D eigenvalue weighted by molar-refractivity contribution is -0.0736. The molecule has 0 bridgehead atoms. The summed E-state index contributed by atoms with van der Waals surface area (Å²) in [5, 5.41) is 16.7. The highest BCUT2D eigenvalue weighted by Gasteiger charge is 2.44. The molecule has 1 unspecified atom stereocenters. The van der Waals surface area contributed by atoms with Gasteiger partial charge in [-0.15, -0.1) is 0 Å². The maximum atomic E-state index is 9.44. The van der Waals surface area contributed by atoms with E-state index in [4.69, 9.17) is 28.0 Å². The normalized spacial score (nSPS) is 17.2. The second kappa shape index (κ2) is 19.2. The summed E-state index contributed by atoms with van der Waals surface area (Å²) < 4.78 is 41.3. The third-order valence-corrected chi connectivity index (χ3v) is 13.8. The van der Waals surface area contributed by atoms with Crippen molar-refractivity contribution in [2.75, 3.05) is 27.4 Å².